The fraction of sp³-hybridized carbons (Fsp3) is 0.364. The zero-order valence-corrected chi connectivity index (χ0v) is 15.9. The van der Waals surface area contributed by atoms with Crippen LogP contribution in [-0.4, -0.2) is 37.5 Å². The van der Waals surface area contributed by atoms with E-state index in [9.17, 15) is 4.79 Å². The minimum atomic E-state index is -1.79. The second-order valence-electron chi connectivity index (χ2n) is 6.72. The summed E-state index contributed by atoms with van der Waals surface area (Å²) in [6.07, 6.45) is 3.79. The second kappa shape index (κ2) is 8.22. The van der Waals surface area contributed by atoms with E-state index >= 15 is 0 Å². The Balaban J connectivity index is 1.80. The Labute approximate surface area is 164 Å². The highest BCUT2D eigenvalue weighted by atomic mass is 16.8. The number of amides is 1. The molecule has 0 aliphatic carbocycles. The Morgan fingerprint density at radius 1 is 1.14 bits per heavy atom. The average molecular weight is 380 g/mol. The van der Waals surface area contributed by atoms with E-state index in [-0.39, 0.29) is 6.61 Å². The summed E-state index contributed by atoms with van der Waals surface area (Å²) in [4.78, 5) is 19.9. The van der Waals surface area contributed by atoms with Gasteiger partial charge < -0.3 is 9.47 Å². The van der Waals surface area contributed by atoms with Gasteiger partial charge in [-0.15, -0.1) is 0 Å². The molecule has 2 unspecified atom stereocenters. The monoisotopic (exact) mass is 380 g/mol. The van der Waals surface area contributed by atoms with Gasteiger partial charge in [-0.1, -0.05) is 36.4 Å². The third-order valence-electron chi connectivity index (χ3n) is 4.81. The van der Waals surface area contributed by atoms with E-state index < -0.39 is 18.1 Å². The van der Waals surface area contributed by atoms with E-state index in [0.717, 1.165) is 29.8 Å². The number of rotatable bonds is 5. The van der Waals surface area contributed by atoms with Crippen LogP contribution >= 0.6 is 0 Å². The molecular weight excluding hydrogens is 356 g/mol. The van der Waals surface area contributed by atoms with Gasteiger partial charge in [0.1, 0.15) is 0 Å². The first-order chi connectivity index (χ1) is 13.7. The number of ether oxygens (including phenoxy) is 3. The average Bonchev–Trinajstić information content (AvgIpc) is 2.85. The number of nitrogens with zero attached hydrogens (tertiary/aromatic N) is 2. The number of fused-ring (bicyclic) bond motifs is 1. The first kappa shape index (κ1) is 18.8. The number of aliphatic imine (C=N–C) groups is 1. The van der Waals surface area contributed by atoms with Crippen LogP contribution in [0.1, 0.15) is 31.7 Å². The third-order valence-corrected chi connectivity index (χ3v) is 4.81. The summed E-state index contributed by atoms with van der Waals surface area (Å²) >= 11 is 0. The Kier molecular flexibility index (Phi) is 5.52. The lowest BCUT2D eigenvalue weighted by molar-refractivity contribution is -0.296. The Morgan fingerprint density at radius 2 is 1.93 bits per heavy atom. The topological polar surface area (TPSA) is 60.4 Å². The number of hydrogen-bond acceptors (Lipinski definition) is 5. The predicted molar refractivity (Wildman–Crippen MR) is 107 cm³/mol. The summed E-state index contributed by atoms with van der Waals surface area (Å²) in [5, 5.41) is 0. The zero-order chi connectivity index (χ0) is 19.4. The lowest BCUT2D eigenvalue weighted by Gasteiger charge is -2.35. The van der Waals surface area contributed by atoms with E-state index in [1.54, 1.807) is 11.1 Å². The first-order valence-corrected chi connectivity index (χ1v) is 9.71. The van der Waals surface area contributed by atoms with Crippen molar-refractivity contribution >= 4 is 23.5 Å². The number of hydrogen-bond donors (Lipinski definition) is 0. The van der Waals surface area contributed by atoms with Crippen LogP contribution in [-0.2, 0) is 19.0 Å². The highest BCUT2D eigenvalue weighted by Gasteiger charge is 2.48. The highest BCUT2D eigenvalue weighted by molar-refractivity contribution is 6.10. The van der Waals surface area contributed by atoms with Crippen molar-refractivity contribution < 1.29 is 19.0 Å². The molecule has 2 heterocycles. The molecule has 6 heteroatoms. The SMILES string of the molecule is CCOC1(OC2CCCCO2)N=Cc2ccccc2N(c2ccccc2)C1=O. The van der Waals surface area contributed by atoms with Gasteiger partial charge in [0.15, 0.2) is 6.29 Å². The minimum Gasteiger partial charge on any atom is -0.352 e. The zero-order valence-electron chi connectivity index (χ0n) is 15.9. The van der Waals surface area contributed by atoms with Gasteiger partial charge in [-0.05, 0) is 44.4 Å². The van der Waals surface area contributed by atoms with Crippen molar-refractivity contribution in [2.75, 3.05) is 18.1 Å². The molecule has 2 aromatic carbocycles. The summed E-state index contributed by atoms with van der Waals surface area (Å²) in [6.45, 7) is 2.70. The molecule has 0 N–H and O–H groups in total. The summed E-state index contributed by atoms with van der Waals surface area (Å²) in [7, 11) is 0. The molecule has 2 aromatic rings. The lowest BCUT2D eigenvalue weighted by atomic mass is 10.1. The van der Waals surface area contributed by atoms with E-state index in [1.165, 1.54) is 0 Å². The fourth-order valence-electron chi connectivity index (χ4n) is 3.49. The number of anilines is 2. The number of para-hydroxylation sites is 2. The maximum Gasteiger partial charge on any atom is 0.356 e. The van der Waals surface area contributed by atoms with Crippen molar-refractivity contribution in [3.8, 4) is 0 Å². The van der Waals surface area contributed by atoms with Crippen molar-refractivity contribution in [1.82, 2.24) is 0 Å². The minimum absolute atomic E-state index is 0.273. The molecular formula is C22H24N2O4. The molecule has 4 rings (SSSR count). The molecule has 2 aliphatic heterocycles. The second-order valence-corrected chi connectivity index (χ2v) is 6.72. The van der Waals surface area contributed by atoms with E-state index in [4.69, 9.17) is 14.2 Å². The molecule has 0 saturated carbocycles. The van der Waals surface area contributed by atoms with Crippen LogP contribution in [0.4, 0.5) is 11.4 Å². The van der Waals surface area contributed by atoms with Crippen LogP contribution in [0.3, 0.4) is 0 Å². The largest absolute Gasteiger partial charge is 0.356 e. The molecule has 1 amide bonds. The van der Waals surface area contributed by atoms with Gasteiger partial charge in [-0.2, -0.15) is 0 Å². The molecule has 146 valence electrons. The number of carbonyl (C=O) groups is 1. The predicted octanol–water partition coefficient (Wildman–Crippen LogP) is 4.02. The van der Waals surface area contributed by atoms with Crippen LogP contribution in [0, 0.1) is 0 Å². The highest BCUT2D eigenvalue weighted by Crippen LogP contribution is 2.36. The quantitative estimate of drug-likeness (QED) is 0.735. The van der Waals surface area contributed by atoms with Crippen LogP contribution in [0.15, 0.2) is 59.6 Å². The molecule has 0 aromatic heterocycles. The maximum atomic E-state index is 13.8. The van der Waals surface area contributed by atoms with Gasteiger partial charge in [-0.25, -0.2) is 4.99 Å². The van der Waals surface area contributed by atoms with E-state index in [0.29, 0.717) is 13.0 Å². The number of carbonyl (C=O) groups excluding carboxylic acids is 1. The molecule has 1 saturated heterocycles. The van der Waals surface area contributed by atoms with Crippen LogP contribution in [0.25, 0.3) is 0 Å². The van der Waals surface area contributed by atoms with Crippen molar-refractivity contribution in [3.05, 3.63) is 60.2 Å². The molecule has 0 spiro atoms. The Bertz CT molecular complexity index is 849. The lowest BCUT2D eigenvalue weighted by Crippen LogP contribution is -2.52. The third kappa shape index (κ3) is 3.58. The fourth-order valence-corrected chi connectivity index (χ4v) is 3.49. The van der Waals surface area contributed by atoms with Gasteiger partial charge in [0.25, 0.3) is 0 Å². The molecule has 6 nitrogen and oxygen atoms in total. The van der Waals surface area contributed by atoms with Crippen LogP contribution < -0.4 is 4.90 Å². The van der Waals surface area contributed by atoms with Gasteiger partial charge in [-0.3, -0.25) is 14.4 Å². The van der Waals surface area contributed by atoms with E-state index in [1.807, 2.05) is 61.5 Å². The van der Waals surface area contributed by atoms with Crippen molar-refractivity contribution in [2.45, 2.75) is 38.4 Å². The van der Waals surface area contributed by atoms with Crippen molar-refractivity contribution in [2.24, 2.45) is 4.99 Å². The van der Waals surface area contributed by atoms with Crippen LogP contribution in [0.2, 0.25) is 0 Å². The van der Waals surface area contributed by atoms with Crippen LogP contribution in [0.5, 0.6) is 0 Å². The van der Waals surface area contributed by atoms with Gasteiger partial charge in [0, 0.05) is 30.7 Å². The van der Waals surface area contributed by atoms with E-state index in [2.05, 4.69) is 4.99 Å². The summed E-state index contributed by atoms with van der Waals surface area (Å²) in [6, 6.07) is 17.1. The summed E-state index contributed by atoms with van der Waals surface area (Å²) < 4.78 is 17.7. The van der Waals surface area contributed by atoms with Gasteiger partial charge in [0.05, 0.1) is 5.69 Å². The molecule has 2 atom stereocenters. The normalized spacial score (nSPS) is 24.7. The molecule has 2 aliphatic rings. The molecule has 1 fully saturated rings. The maximum absolute atomic E-state index is 13.8. The standard InChI is InChI=1S/C22H24N2O4/c1-2-27-22(28-20-14-8-9-15-26-20)21(25)24(18-11-4-3-5-12-18)19-13-7-6-10-17(19)16-23-22/h3-7,10-13,16,20H,2,8-9,14-15H2,1H3. The van der Waals surface area contributed by atoms with Crippen molar-refractivity contribution in [3.63, 3.8) is 0 Å². The molecule has 0 radical (unpaired) electrons. The Hall–Kier alpha value is -2.54. The molecule has 28 heavy (non-hydrogen) atoms. The van der Waals surface area contributed by atoms with Crippen molar-refractivity contribution in [1.29, 1.82) is 0 Å². The van der Waals surface area contributed by atoms with Gasteiger partial charge in [0.2, 0.25) is 0 Å². The van der Waals surface area contributed by atoms with Gasteiger partial charge >= 0.3 is 11.8 Å². The number of benzene rings is 2. The Morgan fingerprint density at radius 3 is 2.68 bits per heavy atom. The summed E-state index contributed by atoms with van der Waals surface area (Å²) in [5.74, 6) is -2.18. The summed E-state index contributed by atoms with van der Waals surface area (Å²) in [5.41, 5.74) is 2.27. The smallest absolute Gasteiger partial charge is 0.352 e. The molecule has 0 bridgehead atoms. The first-order valence-electron chi connectivity index (χ1n) is 9.71. The number of benzodiazepines with no additional fused rings is 1.